The van der Waals surface area contributed by atoms with Crippen LogP contribution in [-0.4, -0.2) is 141 Å². The van der Waals surface area contributed by atoms with Gasteiger partial charge in [0, 0.05) is 141 Å². The molecule has 0 saturated carbocycles. The minimum atomic E-state index is -0.843. The van der Waals surface area contributed by atoms with Crippen LogP contribution in [0.2, 0.25) is 0 Å². The van der Waals surface area contributed by atoms with E-state index in [-0.39, 0.29) is 125 Å². The number of ketones is 3. The Labute approximate surface area is 564 Å². The van der Waals surface area contributed by atoms with E-state index in [2.05, 4.69) is 129 Å². The van der Waals surface area contributed by atoms with Crippen molar-refractivity contribution in [2.75, 3.05) is 33.7 Å². The Hall–Kier alpha value is -10.6. The molecule has 24 heteroatoms. The van der Waals surface area contributed by atoms with Crippen LogP contribution in [0.3, 0.4) is 0 Å². The zero-order valence-corrected chi connectivity index (χ0v) is 54.2. The van der Waals surface area contributed by atoms with E-state index in [4.69, 9.17) is 6.42 Å². The maximum absolute atomic E-state index is 13.1. The van der Waals surface area contributed by atoms with Crippen molar-refractivity contribution in [2.24, 2.45) is 35.5 Å². The summed E-state index contributed by atoms with van der Waals surface area (Å²) >= 11 is 0. The highest BCUT2D eigenvalue weighted by Crippen LogP contribution is 2.17. The van der Waals surface area contributed by atoms with E-state index in [1.165, 1.54) is 32.3 Å². The first-order valence-electron chi connectivity index (χ1n) is 30.1. The number of amides is 12. The molecule has 3 aliphatic rings. The summed E-state index contributed by atoms with van der Waals surface area (Å²) in [5.74, 6) is 19.0. The van der Waals surface area contributed by atoms with Crippen LogP contribution in [0.4, 0.5) is 14.4 Å². The van der Waals surface area contributed by atoms with Gasteiger partial charge in [-0.05, 0) is 87.4 Å². The average molecular weight is 1300 g/mol. The lowest BCUT2D eigenvalue weighted by molar-refractivity contribution is -0.129. The molecule has 24 nitrogen and oxygen atoms in total. The van der Waals surface area contributed by atoms with Crippen molar-refractivity contribution in [1.82, 2.24) is 63.8 Å². The van der Waals surface area contributed by atoms with Gasteiger partial charge in [-0.3, -0.25) is 48.5 Å². The first-order chi connectivity index (χ1) is 43.7. The molecule has 0 bridgehead atoms. The minimum absolute atomic E-state index is 0. The van der Waals surface area contributed by atoms with Crippen LogP contribution in [0.1, 0.15) is 124 Å². The zero-order chi connectivity index (χ0) is 69.0. The van der Waals surface area contributed by atoms with Crippen LogP contribution in [0, 0.1) is 107 Å². The fourth-order valence-corrected chi connectivity index (χ4v) is 8.24. The molecular formula is C69H114N12O12. The van der Waals surface area contributed by atoms with E-state index in [1.54, 1.807) is 89.3 Å². The van der Waals surface area contributed by atoms with Crippen molar-refractivity contribution in [3.8, 4) is 71.7 Å². The second-order valence-corrected chi connectivity index (χ2v) is 21.9. The van der Waals surface area contributed by atoms with E-state index in [0.29, 0.717) is 38.9 Å². The van der Waals surface area contributed by atoms with Gasteiger partial charge < -0.3 is 58.5 Å². The Morgan fingerprint density at radius 1 is 0.462 bits per heavy atom. The number of urea groups is 3. The molecule has 12 N–H and O–H groups in total. The summed E-state index contributed by atoms with van der Waals surface area (Å²) in [4.78, 5) is 147. The Morgan fingerprint density at radius 2 is 0.742 bits per heavy atom. The van der Waals surface area contributed by atoms with Crippen LogP contribution in [-0.2, 0) is 43.2 Å². The molecule has 0 aromatic carbocycles. The Balaban J connectivity index is -0.000000117. The quantitative estimate of drug-likeness (QED) is 0.0566. The largest absolute Gasteiger partial charge is 0.352 e. The number of Topliss-reactive ketones (excluding diaryl/α,β-unsaturated/α-hetero) is 3. The van der Waals surface area contributed by atoms with Crippen molar-refractivity contribution in [3.63, 3.8) is 0 Å². The standard InChI is InChI=1S/C30H28N4O4.2C19H30N4O4.CH4.11H2/c1-5-6-7-8-9-10-11-12-13-15-21-32-30(38)34-28(23(2)3)26(35)22-25-17-14-16-20-31-27(36)19-18-24(4)33-29(25)37;2*1-12(2)17(23-19(27)20-4)15(24)11-14-7-5-6-10-21-16(25)9-8-13(3)22-18(14)26;;;;;;;;;;;;/h1,14,17-19,23-25,28H,16,20,22H2,2-4H3,(H,31,36)(H,33,37)(H2,32,34,38);2*5,7-9,12-14,17H,6,10-11H2,1-4H3,(H,21,25)(H,22,26)(H2,20,23,27);1H4;11*1H/b17-14+,19-18+;2*7-5+,9-8+;;;;;;;;;;;;/t24-,25+,28-;13-,14+,17?;13-,14+,17+;;;;;;;;;;;;/m000............/s1. The third kappa shape index (κ3) is 37.3. The SMILES string of the molecule is C.C#CC#CC#CC#CC#CC#CNC(=O)N[C@H](C(=O)C[C@H]1/C=C/CCNC(=O)/C=C/[C@H](C)NC1=O)C(C)C.CNC(=O)NC(C(=O)C[C@H]1/C=C/CCNC(=O)/C=C/[C@H](C)NC1=O)C(C)C.CNC(=O)N[C@@H](C(=O)C[C@H]1/C=C/CCNC(=O)/C=C/[C@H](C)NC1=O)C(C)C.[HH].[HH].[HH].[HH].[HH].[HH].[HH].[HH].[HH].[HH].[HH]. The predicted molar refractivity (Wildman–Crippen MR) is 380 cm³/mol. The number of terminal acetylenes is 1. The summed E-state index contributed by atoms with van der Waals surface area (Å²) in [5, 5.41) is 31.6. The molecule has 3 aliphatic heterocycles. The Kier molecular flexibility index (Phi) is 42.0. The minimum Gasteiger partial charge on any atom is -0.352 e. The van der Waals surface area contributed by atoms with Gasteiger partial charge in [-0.25, -0.2) is 14.4 Å². The van der Waals surface area contributed by atoms with E-state index in [0.717, 1.165) is 0 Å². The third-order valence-electron chi connectivity index (χ3n) is 13.1. The van der Waals surface area contributed by atoms with Gasteiger partial charge in [-0.1, -0.05) is 104 Å². The molecule has 3 rings (SSSR count). The molecular weight excluding hydrogens is 1190 g/mol. The molecule has 0 aromatic heterocycles. The summed E-state index contributed by atoms with van der Waals surface area (Å²) in [6.45, 7) is 17.4. The molecule has 0 aliphatic carbocycles. The van der Waals surface area contributed by atoms with Gasteiger partial charge in [0.05, 0.1) is 35.9 Å². The molecule has 0 radical (unpaired) electrons. The average Bonchev–Trinajstić information content (AvgIpc) is 0.883. The lowest BCUT2D eigenvalue weighted by Crippen LogP contribution is -2.48. The molecule has 12 amide bonds. The highest BCUT2D eigenvalue weighted by Gasteiger charge is 2.32. The fraction of sp³-hybridized carbons (Fsp3) is 0.478. The molecule has 0 saturated heterocycles. The highest BCUT2D eigenvalue weighted by molar-refractivity contribution is 5.96. The second-order valence-electron chi connectivity index (χ2n) is 21.9. The van der Waals surface area contributed by atoms with Gasteiger partial charge in [-0.2, -0.15) is 0 Å². The smallest absolute Gasteiger partial charge is 0.327 e. The molecule has 0 aromatic rings. The van der Waals surface area contributed by atoms with E-state index in [9.17, 15) is 57.5 Å². The molecule has 3 heterocycles. The van der Waals surface area contributed by atoms with Gasteiger partial charge >= 0.3 is 18.1 Å². The van der Waals surface area contributed by atoms with Gasteiger partial charge in [0.1, 0.15) is 0 Å². The van der Waals surface area contributed by atoms with E-state index >= 15 is 0 Å². The van der Waals surface area contributed by atoms with Crippen molar-refractivity contribution >= 4 is 70.9 Å². The second kappa shape index (κ2) is 47.4. The maximum atomic E-state index is 13.1. The topological polar surface area (TPSA) is 349 Å². The number of hydrogen-bond acceptors (Lipinski definition) is 12. The van der Waals surface area contributed by atoms with Gasteiger partial charge in [0.2, 0.25) is 35.4 Å². The van der Waals surface area contributed by atoms with Crippen molar-refractivity contribution in [2.45, 2.75) is 145 Å². The zero-order valence-electron chi connectivity index (χ0n) is 54.2. The number of nitrogens with one attached hydrogen (secondary N) is 12. The molecule has 0 fully saturated rings. The molecule has 1 unspecified atom stereocenters. The predicted octanol–water partition coefficient (Wildman–Crippen LogP) is 5.28. The molecule has 522 valence electrons. The van der Waals surface area contributed by atoms with E-state index < -0.39 is 60.0 Å². The summed E-state index contributed by atoms with van der Waals surface area (Å²) < 4.78 is 0. The Morgan fingerprint density at radius 3 is 1.02 bits per heavy atom. The van der Waals surface area contributed by atoms with Crippen LogP contribution in [0.25, 0.3) is 0 Å². The highest BCUT2D eigenvalue weighted by atomic mass is 16.2. The lowest BCUT2D eigenvalue weighted by Gasteiger charge is -2.23. The van der Waals surface area contributed by atoms with E-state index in [1.807, 2.05) is 27.7 Å². The molecule has 93 heavy (non-hydrogen) atoms. The molecule has 9 atom stereocenters. The number of carbonyl (C=O) groups excluding carboxylic acids is 12. The summed E-state index contributed by atoms with van der Waals surface area (Å²) in [5.41, 5.74) is 0. The lowest BCUT2D eigenvalue weighted by atomic mass is 9.91. The summed E-state index contributed by atoms with van der Waals surface area (Å²) in [7, 11) is 2.96. The number of hydrogen-bond donors (Lipinski definition) is 12. The number of rotatable bonds is 15. The first-order valence-corrected chi connectivity index (χ1v) is 30.1. The monoisotopic (exact) mass is 1300 g/mol. The van der Waals surface area contributed by atoms with Crippen molar-refractivity contribution in [3.05, 3.63) is 72.9 Å². The van der Waals surface area contributed by atoms with Crippen LogP contribution < -0.4 is 63.8 Å². The van der Waals surface area contributed by atoms with Gasteiger partial charge in [0.25, 0.3) is 0 Å². The molecule has 0 spiro atoms. The normalized spacial score (nSPS) is 21.8. The Bertz CT molecular complexity index is 3130. The van der Waals surface area contributed by atoms with Crippen LogP contribution in [0.15, 0.2) is 72.9 Å². The summed E-state index contributed by atoms with van der Waals surface area (Å²) in [6.07, 6.45) is 25.7. The number of carbonyl (C=O) groups is 12. The van der Waals surface area contributed by atoms with Crippen molar-refractivity contribution < 1.29 is 73.2 Å². The maximum Gasteiger partial charge on any atom is 0.327 e. The van der Waals surface area contributed by atoms with Gasteiger partial charge in [-0.15, -0.1) is 6.42 Å². The van der Waals surface area contributed by atoms with Gasteiger partial charge in [0.15, 0.2) is 17.3 Å². The third-order valence-corrected chi connectivity index (χ3v) is 13.1. The van der Waals surface area contributed by atoms with Crippen LogP contribution >= 0.6 is 0 Å². The first kappa shape index (κ1) is 82.4. The van der Waals surface area contributed by atoms with Crippen LogP contribution in [0.5, 0.6) is 0 Å². The van der Waals surface area contributed by atoms with Crippen molar-refractivity contribution in [1.29, 1.82) is 0 Å². The fourth-order valence-electron chi connectivity index (χ4n) is 8.24. The summed E-state index contributed by atoms with van der Waals surface area (Å²) in [6, 6.07) is -2.48.